The van der Waals surface area contributed by atoms with E-state index >= 15 is 0 Å². The summed E-state index contributed by atoms with van der Waals surface area (Å²) in [5, 5.41) is 0.641. The van der Waals surface area contributed by atoms with E-state index in [0.29, 0.717) is 11.6 Å². The quantitative estimate of drug-likeness (QED) is 0.906. The average molecular weight is 268 g/mol. The molecular weight excluding hydrogens is 257 g/mol. The minimum Gasteiger partial charge on any atom is -0.326 e. The van der Waals surface area contributed by atoms with E-state index in [1.165, 1.54) is 23.9 Å². The lowest BCUT2D eigenvalue weighted by Crippen LogP contribution is -1.95. The molecule has 0 atom stereocenters. The van der Waals surface area contributed by atoms with Crippen molar-refractivity contribution in [1.29, 1.82) is 0 Å². The zero-order valence-corrected chi connectivity index (χ0v) is 10.6. The summed E-state index contributed by atoms with van der Waals surface area (Å²) >= 11 is 7.56. The molecule has 0 bridgehead atoms. The summed E-state index contributed by atoms with van der Waals surface area (Å²) in [5.74, 6) is -0.246. The molecule has 17 heavy (non-hydrogen) atoms. The lowest BCUT2D eigenvalue weighted by molar-refractivity contribution is 0.624. The smallest absolute Gasteiger partial charge is 0.124 e. The minimum absolute atomic E-state index is 0.246. The zero-order chi connectivity index (χ0) is 12.3. The van der Waals surface area contributed by atoms with Crippen LogP contribution in [-0.4, -0.2) is 0 Å². The van der Waals surface area contributed by atoms with Crippen LogP contribution in [0.25, 0.3) is 0 Å². The van der Waals surface area contributed by atoms with Gasteiger partial charge < -0.3 is 5.73 Å². The van der Waals surface area contributed by atoms with Crippen molar-refractivity contribution >= 4 is 23.4 Å². The Morgan fingerprint density at radius 2 is 2.00 bits per heavy atom. The van der Waals surface area contributed by atoms with E-state index in [1.54, 1.807) is 6.07 Å². The predicted octanol–water partition coefficient (Wildman–Crippen LogP) is 4.09. The van der Waals surface area contributed by atoms with Crippen molar-refractivity contribution in [2.75, 3.05) is 0 Å². The van der Waals surface area contributed by atoms with E-state index in [4.69, 9.17) is 17.3 Å². The van der Waals surface area contributed by atoms with Crippen LogP contribution in [0.2, 0.25) is 5.02 Å². The molecule has 0 amide bonds. The molecule has 2 N–H and O–H groups in total. The molecule has 2 aromatic carbocycles. The normalized spacial score (nSPS) is 10.5. The van der Waals surface area contributed by atoms with Crippen molar-refractivity contribution in [3.8, 4) is 0 Å². The van der Waals surface area contributed by atoms with Gasteiger partial charge in [-0.3, -0.25) is 0 Å². The van der Waals surface area contributed by atoms with Gasteiger partial charge in [0, 0.05) is 16.3 Å². The number of halogens is 2. The first-order valence-corrected chi connectivity index (χ1v) is 6.30. The summed E-state index contributed by atoms with van der Waals surface area (Å²) < 4.78 is 13.0. The maximum Gasteiger partial charge on any atom is 0.124 e. The summed E-state index contributed by atoms with van der Waals surface area (Å²) in [5.41, 5.74) is 6.51. The van der Waals surface area contributed by atoms with Gasteiger partial charge in [-0.25, -0.2) is 4.39 Å². The molecular formula is C13H11ClFNS. The van der Waals surface area contributed by atoms with Crippen molar-refractivity contribution in [3.05, 3.63) is 58.9 Å². The molecule has 0 fully saturated rings. The van der Waals surface area contributed by atoms with Gasteiger partial charge >= 0.3 is 0 Å². The van der Waals surface area contributed by atoms with Gasteiger partial charge in [0.15, 0.2) is 0 Å². The number of rotatable bonds is 3. The molecule has 0 aliphatic rings. The summed E-state index contributed by atoms with van der Waals surface area (Å²) in [6.07, 6.45) is 0. The van der Waals surface area contributed by atoms with Crippen LogP contribution in [0.5, 0.6) is 0 Å². The van der Waals surface area contributed by atoms with E-state index in [1.807, 2.05) is 24.3 Å². The SMILES string of the molecule is NCc1ccc(Sc2cccc(F)c2)c(Cl)c1. The Kier molecular flexibility index (Phi) is 4.05. The molecule has 0 heterocycles. The van der Waals surface area contributed by atoms with Crippen LogP contribution in [-0.2, 0) is 6.54 Å². The third kappa shape index (κ3) is 3.22. The van der Waals surface area contributed by atoms with Gasteiger partial charge in [0.2, 0.25) is 0 Å². The molecule has 88 valence electrons. The molecule has 0 saturated carbocycles. The highest BCUT2D eigenvalue weighted by Crippen LogP contribution is 2.33. The monoisotopic (exact) mass is 267 g/mol. The molecule has 4 heteroatoms. The van der Waals surface area contributed by atoms with E-state index in [-0.39, 0.29) is 5.82 Å². The summed E-state index contributed by atoms with van der Waals surface area (Å²) in [6.45, 7) is 0.463. The third-order valence-corrected chi connectivity index (χ3v) is 3.75. The van der Waals surface area contributed by atoms with Crippen molar-refractivity contribution < 1.29 is 4.39 Å². The molecule has 0 radical (unpaired) electrons. The van der Waals surface area contributed by atoms with Crippen LogP contribution in [0.15, 0.2) is 52.3 Å². The van der Waals surface area contributed by atoms with Gasteiger partial charge in [0.05, 0.1) is 5.02 Å². The van der Waals surface area contributed by atoms with Gasteiger partial charge in [-0.15, -0.1) is 0 Å². The number of hydrogen-bond donors (Lipinski definition) is 1. The first-order chi connectivity index (χ1) is 8.19. The van der Waals surface area contributed by atoms with Crippen LogP contribution < -0.4 is 5.73 Å². The Hall–Kier alpha value is -1.03. The first-order valence-electron chi connectivity index (χ1n) is 5.11. The zero-order valence-electron chi connectivity index (χ0n) is 8.99. The van der Waals surface area contributed by atoms with Crippen LogP contribution in [0.4, 0.5) is 4.39 Å². The van der Waals surface area contributed by atoms with Crippen molar-refractivity contribution in [2.45, 2.75) is 16.3 Å². The fourth-order valence-electron chi connectivity index (χ4n) is 1.41. The van der Waals surface area contributed by atoms with Gasteiger partial charge in [-0.1, -0.05) is 35.5 Å². The van der Waals surface area contributed by atoms with Gasteiger partial charge in [-0.2, -0.15) is 0 Å². The molecule has 0 aromatic heterocycles. The van der Waals surface area contributed by atoms with E-state index in [0.717, 1.165) is 15.4 Å². The lowest BCUT2D eigenvalue weighted by Gasteiger charge is -2.06. The molecule has 2 rings (SSSR count). The summed E-state index contributed by atoms with van der Waals surface area (Å²) in [4.78, 5) is 1.72. The van der Waals surface area contributed by atoms with E-state index in [2.05, 4.69) is 0 Å². The largest absolute Gasteiger partial charge is 0.326 e. The Balaban J connectivity index is 2.24. The predicted molar refractivity (Wildman–Crippen MR) is 69.9 cm³/mol. The fourth-order valence-corrected chi connectivity index (χ4v) is 2.59. The second kappa shape index (κ2) is 5.54. The first kappa shape index (κ1) is 12.4. The van der Waals surface area contributed by atoms with Gasteiger partial charge in [0.25, 0.3) is 0 Å². The van der Waals surface area contributed by atoms with E-state index in [9.17, 15) is 4.39 Å². The minimum atomic E-state index is -0.246. The van der Waals surface area contributed by atoms with Crippen LogP contribution in [0, 0.1) is 5.82 Å². The highest BCUT2D eigenvalue weighted by molar-refractivity contribution is 7.99. The highest BCUT2D eigenvalue weighted by Gasteiger charge is 2.04. The Morgan fingerprint density at radius 1 is 1.18 bits per heavy atom. The standard InChI is InChI=1S/C13H11ClFNS/c14-12-6-9(8-16)4-5-13(12)17-11-3-1-2-10(15)7-11/h1-7H,8,16H2. The second-order valence-electron chi connectivity index (χ2n) is 3.53. The molecule has 0 aliphatic carbocycles. The molecule has 0 spiro atoms. The number of nitrogens with two attached hydrogens (primary N) is 1. The number of hydrogen-bond acceptors (Lipinski definition) is 2. The summed E-state index contributed by atoms with van der Waals surface area (Å²) in [7, 11) is 0. The Morgan fingerprint density at radius 3 is 2.65 bits per heavy atom. The Bertz CT molecular complexity index is 531. The van der Waals surface area contributed by atoms with Gasteiger partial charge in [-0.05, 0) is 35.9 Å². The van der Waals surface area contributed by atoms with Crippen LogP contribution in [0.1, 0.15) is 5.56 Å². The van der Waals surface area contributed by atoms with Crippen LogP contribution in [0.3, 0.4) is 0 Å². The maximum atomic E-state index is 13.0. The molecule has 1 nitrogen and oxygen atoms in total. The Labute approximate surface area is 109 Å². The van der Waals surface area contributed by atoms with Gasteiger partial charge in [0.1, 0.15) is 5.82 Å². The van der Waals surface area contributed by atoms with Crippen molar-refractivity contribution in [3.63, 3.8) is 0 Å². The second-order valence-corrected chi connectivity index (χ2v) is 5.05. The van der Waals surface area contributed by atoms with Crippen molar-refractivity contribution in [1.82, 2.24) is 0 Å². The number of benzene rings is 2. The molecule has 0 unspecified atom stereocenters. The summed E-state index contributed by atoms with van der Waals surface area (Å²) in [6, 6.07) is 12.1. The third-order valence-electron chi connectivity index (χ3n) is 2.26. The lowest BCUT2D eigenvalue weighted by atomic mass is 10.2. The van der Waals surface area contributed by atoms with E-state index < -0.39 is 0 Å². The topological polar surface area (TPSA) is 26.0 Å². The maximum absolute atomic E-state index is 13.0. The highest BCUT2D eigenvalue weighted by atomic mass is 35.5. The average Bonchev–Trinajstić information content (AvgIpc) is 2.32. The fraction of sp³-hybridized carbons (Fsp3) is 0.0769. The molecule has 0 saturated heterocycles. The van der Waals surface area contributed by atoms with Crippen LogP contribution >= 0.6 is 23.4 Å². The molecule has 0 aliphatic heterocycles. The van der Waals surface area contributed by atoms with Crippen molar-refractivity contribution in [2.24, 2.45) is 5.73 Å². The molecule has 2 aromatic rings.